The molecular formula is C15H14FNO2S. The van der Waals surface area contributed by atoms with E-state index in [0.717, 1.165) is 12.0 Å². The Bertz CT molecular complexity index is 731. The Morgan fingerprint density at radius 1 is 1.30 bits per heavy atom. The van der Waals surface area contributed by atoms with E-state index in [-0.39, 0.29) is 10.8 Å². The van der Waals surface area contributed by atoms with Gasteiger partial charge in [0.2, 0.25) is 0 Å². The van der Waals surface area contributed by atoms with Crippen LogP contribution in [0.1, 0.15) is 36.8 Å². The molecule has 3 rings (SSSR count). The van der Waals surface area contributed by atoms with Crippen LogP contribution in [0.3, 0.4) is 0 Å². The fourth-order valence-electron chi connectivity index (χ4n) is 3.10. The van der Waals surface area contributed by atoms with Crippen LogP contribution in [-0.4, -0.2) is 18.9 Å². The van der Waals surface area contributed by atoms with Gasteiger partial charge in [0.1, 0.15) is 5.82 Å². The highest BCUT2D eigenvalue weighted by Crippen LogP contribution is 2.39. The third kappa shape index (κ3) is 2.04. The van der Waals surface area contributed by atoms with E-state index in [2.05, 4.69) is 0 Å². The highest BCUT2D eigenvalue weighted by Gasteiger charge is 2.40. The molecule has 1 saturated heterocycles. The Hall–Kier alpha value is -1.67. The summed E-state index contributed by atoms with van der Waals surface area (Å²) in [7, 11) is -3.08. The lowest BCUT2D eigenvalue weighted by Crippen LogP contribution is -2.38. The Morgan fingerprint density at radius 3 is 2.75 bits per heavy atom. The molecule has 0 N–H and O–H groups in total. The van der Waals surface area contributed by atoms with Crippen molar-refractivity contribution in [1.29, 1.82) is 5.26 Å². The fourth-order valence-corrected chi connectivity index (χ4v) is 5.35. The van der Waals surface area contributed by atoms with Gasteiger partial charge in [0.25, 0.3) is 0 Å². The van der Waals surface area contributed by atoms with Gasteiger partial charge < -0.3 is 0 Å². The van der Waals surface area contributed by atoms with E-state index in [1.807, 2.05) is 6.07 Å². The fraction of sp³-hybridized carbons (Fsp3) is 0.400. The van der Waals surface area contributed by atoms with Crippen molar-refractivity contribution in [2.24, 2.45) is 0 Å². The molecule has 0 aromatic heterocycles. The van der Waals surface area contributed by atoms with E-state index in [1.165, 1.54) is 6.07 Å². The van der Waals surface area contributed by atoms with Crippen molar-refractivity contribution in [3.05, 3.63) is 41.2 Å². The van der Waals surface area contributed by atoms with Gasteiger partial charge in [-0.2, -0.15) is 5.26 Å². The van der Waals surface area contributed by atoms with Crippen LogP contribution in [0, 0.1) is 17.1 Å². The molecule has 0 spiro atoms. The monoisotopic (exact) mass is 291 g/mol. The molecule has 0 saturated carbocycles. The van der Waals surface area contributed by atoms with E-state index < -0.39 is 20.9 Å². The first-order chi connectivity index (χ1) is 9.52. The van der Waals surface area contributed by atoms with Crippen molar-refractivity contribution in [3.8, 4) is 6.07 Å². The number of nitriles is 1. The van der Waals surface area contributed by atoms with E-state index in [4.69, 9.17) is 5.26 Å². The van der Waals surface area contributed by atoms with Crippen LogP contribution in [0.15, 0.2) is 24.3 Å². The van der Waals surface area contributed by atoms with Crippen molar-refractivity contribution < 1.29 is 12.8 Å². The molecule has 1 aromatic rings. The van der Waals surface area contributed by atoms with Gasteiger partial charge in [0.05, 0.1) is 22.1 Å². The maximum absolute atomic E-state index is 14.0. The van der Waals surface area contributed by atoms with E-state index in [0.29, 0.717) is 24.8 Å². The standard InChI is InChI=1S/C15H14FNO2S/c16-15-6-10(9-17)4-5-14(15)11-7-12-2-1-3-13(8-11)20(12,18)19/h4-7,12-13H,1-3,8H2. The summed E-state index contributed by atoms with van der Waals surface area (Å²) in [5.41, 5.74) is 1.46. The molecule has 2 aliphatic rings. The van der Waals surface area contributed by atoms with Crippen LogP contribution in [-0.2, 0) is 9.84 Å². The summed E-state index contributed by atoms with van der Waals surface area (Å²) in [6, 6.07) is 6.24. The SMILES string of the molecule is N#Cc1ccc(C2=CC3CCCC(C2)S3(=O)=O)c(F)c1. The summed E-state index contributed by atoms with van der Waals surface area (Å²) in [6.07, 6.45) is 4.28. The molecule has 3 nitrogen and oxygen atoms in total. The average molecular weight is 291 g/mol. The second-order valence-corrected chi connectivity index (χ2v) is 7.83. The Balaban J connectivity index is 2.04. The molecule has 1 fully saturated rings. The number of rotatable bonds is 1. The maximum atomic E-state index is 14.0. The third-order valence-electron chi connectivity index (χ3n) is 4.18. The Morgan fingerprint density at radius 2 is 2.10 bits per heavy atom. The highest BCUT2D eigenvalue weighted by atomic mass is 32.2. The quantitative estimate of drug-likeness (QED) is 0.799. The second kappa shape index (κ2) is 4.71. The molecule has 104 valence electrons. The zero-order chi connectivity index (χ0) is 14.3. The molecule has 0 amide bonds. The van der Waals surface area contributed by atoms with Crippen molar-refractivity contribution in [2.45, 2.75) is 36.2 Å². The molecular weight excluding hydrogens is 277 g/mol. The lowest BCUT2D eigenvalue weighted by atomic mass is 9.92. The summed E-state index contributed by atoms with van der Waals surface area (Å²) in [5, 5.41) is 7.90. The van der Waals surface area contributed by atoms with Crippen LogP contribution in [0.5, 0.6) is 0 Å². The maximum Gasteiger partial charge on any atom is 0.159 e. The van der Waals surface area contributed by atoms with Gasteiger partial charge in [-0.05, 0) is 37.0 Å². The van der Waals surface area contributed by atoms with Crippen molar-refractivity contribution in [2.75, 3.05) is 0 Å². The van der Waals surface area contributed by atoms with Crippen LogP contribution in [0.25, 0.3) is 5.57 Å². The first-order valence-electron chi connectivity index (χ1n) is 6.66. The van der Waals surface area contributed by atoms with Gasteiger partial charge >= 0.3 is 0 Å². The largest absolute Gasteiger partial charge is 0.228 e. The molecule has 1 aromatic carbocycles. The molecule has 5 heteroatoms. The minimum atomic E-state index is -3.08. The van der Waals surface area contributed by atoms with Gasteiger partial charge in [-0.15, -0.1) is 0 Å². The van der Waals surface area contributed by atoms with E-state index in [1.54, 1.807) is 18.2 Å². The van der Waals surface area contributed by atoms with Crippen molar-refractivity contribution >= 4 is 15.4 Å². The first-order valence-corrected chi connectivity index (χ1v) is 8.27. The molecule has 2 heterocycles. The zero-order valence-corrected chi connectivity index (χ0v) is 11.7. The molecule has 0 aliphatic carbocycles. The molecule has 2 atom stereocenters. The average Bonchev–Trinajstić information content (AvgIpc) is 2.37. The van der Waals surface area contributed by atoms with E-state index in [9.17, 15) is 12.8 Å². The first kappa shape index (κ1) is 13.3. The summed E-state index contributed by atoms with van der Waals surface area (Å²) in [4.78, 5) is 0. The normalized spacial score (nSPS) is 27.5. The van der Waals surface area contributed by atoms with Crippen LogP contribution in [0.2, 0.25) is 0 Å². The minimum absolute atomic E-state index is 0.274. The summed E-state index contributed by atoms with van der Waals surface area (Å²) < 4.78 is 38.4. The number of hydrogen-bond acceptors (Lipinski definition) is 3. The highest BCUT2D eigenvalue weighted by molar-refractivity contribution is 7.93. The van der Waals surface area contributed by atoms with Crippen LogP contribution < -0.4 is 0 Å². The number of halogens is 1. The van der Waals surface area contributed by atoms with E-state index >= 15 is 0 Å². The second-order valence-electron chi connectivity index (χ2n) is 5.38. The molecule has 2 bridgehead atoms. The smallest absolute Gasteiger partial charge is 0.159 e. The number of fused-ring (bicyclic) bond motifs is 2. The zero-order valence-electron chi connectivity index (χ0n) is 10.8. The topological polar surface area (TPSA) is 57.9 Å². The lowest BCUT2D eigenvalue weighted by molar-refractivity contribution is 0.517. The van der Waals surface area contributed by atoms with Gasteiger partial charge in [-0.25, -0.2) is 12.8 Å². The minimum Gasteiger partial charge on any atom is -0.228 e. The number of sulfone groups is 1. The van der Waals surface area contributed by atoms with Gasteiger partial charge in [-0.3, -0.25) is 0 Å². The molecule has 0 radical (unpaired) electrons. The summed E-state index contributed by atoms with van der Waals surface area (Å²) in [6.45, 7) is 0. The number of benzene rings is 1. The Kier molecular flexibility index (Phi) is 3.14. The summed E-state index contributed by atoms with van der Waals surface area (Å²) >= 11 is 0. The lowest BCUT2D eigenvalue weighted by Gasteiger charge is -2.33. The van der Waals surface area contributed by atoms with Crippen molar-refractivity contribution in [3.63, 3.8) is 0 Å². The van der Waals surface area contributed by atoms with Gasteiger partial charge in [0.15, 0.2) is 9.84 Å². The number of nitrogens with zero attached hydrogens (tertiary/aromatic N) is 1. The Labute approximate surface area is 117 Å². The number of hydrogen-bond donors (Lipinski definition) is 0. The summed E-state index contributed by atoms with van der Waals surface area (Å²) in [5.74, 6) is -0.451. The number of allylic oxidation sites excluding steroid dienone is 1. The van der Waals surface area contributed by atoms with Crippen LogP contribution in [0.4, 0.5) is 4.39 Å². The van der Waals surface area contributed by atoms with Crippen molar-refractivity contribution in [1.82, 2.24) is 0 Å². The van der Waals surface area contributed by atoms with Gasteiger partial charge in [0, 0.05) is 5.56 Å². The van der Waals surface area contributed by atoms with Crippen LogP contribution >= 0.6 is 0 Å². The van der Waals surface area contributed by atoms with Gasteiger partial charge in [-0.1, -0.05) is 18.6 Å². The molecule has 2 unspecified atom stereocenters. The molecule has 20 heavy (non-hydrogen) atoms. The third-order valence-corrected chi connectivity index (χ3v) is 6.73. The molecule has 2 aliphatic heterocycles. The predicted octanol–water partition coefficient (Wildman–Crippen LogP) is 2.82. The predicted molar refractivity (Wildman–Crippen MR) is 74.1 cm³/mol.